The fourth-order valence-corrected chi connectivity index (χ4v) is 2.15. The highest BCUT2D eigenvalue weighted by atomic mass is 16.5. The number of hydrogen-bond acceptors (Lipinski definition) is 2. The number of carbonyl (C=O) groups excluding carboxylic acids is 1. The van der Waals surface area contributed by atoms with Crippen LogP contribution < -0.4 is 0 Å². The van der Waals surface area contributed by atoms with Crippen LogP contribution >= 0.6 is 0 Å². The minimum absolute atomic E-state index is 0.0271. The Labute approximate surface area is 105 Å². The largest absolute Gasteiger partial charge is 0.462 e. The first-order valence-electron chi connectivity index (χ1n) is 7.13. The zero-order valence-electron chi connectivity index (χ0n) is 11.1. The Morgan fingerprint density at radius 2 is 1.65 bits per heavy atom. The van der Waals surface area contributed by atoms with Crippen molar-refractivity contribution >= 4 is 5.97 Å². The second-order valence-corrected chi connectivity index (χ2v) is 5.02. The molecule has 1 aliphatic rings. The lowest BCUT2D eigenvalue weighted by molar-refractivity contribution is -0.148. The average Bonchev–Trinajstić information content (AvgIpc) is 2.30. The molecule has 1 atom stereocenters. The molecule has 1 rings (SSSR count). The van der Waals surface area contributed by atoms with Gasteiger partial charge in [-0.25, -0.2) is 0 Å². The summed E-state index contributed by atoms with van der Waals surface area (Å²) in [6.07, 6.45) is 15.7. The summed E-state index contributed by atoms with van der Waals surface area (Å²) in [4.78, 5) is 11.5. The van der Waals surface area contributed by atoms with E-state index < -0.39 is 0 Å². The monoisotopic (exact) mass is 238 g/mol. The highest BCUT2D eigenvalue weighted by Gasteiger charge is 2.07. The van der Waals surface area contributed by atoms with Crippen molar-refractivity contribution < 1.29 is 9.53 Å². The first-order valence-corrected chi connectivity index (χ1v) is 7.13. The molecule has 98 valence electrons. The molecule has 0 saturated carbocycles. The first-order chi connectivity index (χ1) is 8.29. The van der Waals surface area contributed by atoms with Gasteiger partial charge in [-0.2, -0.15) is 0 Å². The molecular formula is C15H26O2. The van der Waals surface area contributed by atoms with Crippen LogP contribution in [0.2, 0.25) is 0 Å². The van der Waals surface area contributed by atoms with Gasteiger partial charge in [0.15, 0.2) is 0 Å². The molecule has 1 unspecified atom stereocenters. The summed E-state index contributed by atoms with van der Waals surface area (Å²) < 4.78 is 5.34. The molecule has 0 N–H and O–H groups in total. The topological polar surface area (TPSA) is 26.3 Å². The normalized spacial score (nSPS) is 27.6. The van der Waals surface area contributed by atoms with E-state index in [9.17, 15) is 4.79 Å². The zero-order chi connectivity index (χ0) is 12.3. The second kappa shape index (κ2) is 9.26. The highest BCUT2D eigenvalue weighted by Crippen LogP contribution is 2.12. The van der Waals surface area contributed by atoms with Crippen molar-refractivity contribution in [2.24, 2.45) is 0 Å². The van der Waals surface area contributed by atoms with Crippen molar-refractivity contribution in [1.82, 2.24) is 0 Å². The molecule has 0 fully saturated rings. The average molecular weight is 238 g/mol. The van der Waals surface area contributed by atoms with Crippen LogP contribution in [0, 0.1) is 0 Å². The number of cyclic esters (lactones) is 1. The quantitative estimate of drug-likeness (QED) is 0.462. The molecule has 0 aromatic rings. The van der Waals surface area contributed by atoms with E-state index in [1.54, 1.807) is 0 Å². The molecule has 0 radical (unpaired) electrons. The van der Waals surface area contributed by atoms with Crippen LogP contribution in [0.15, 0.2) is 12.2 Å². The zero-order valence-corrected chi connectivity index (χ0v) is 11.1. The Hall–Kier alpha value is -0.790. The van der Waals surface area contributed by atoms with Crippen molar-refractivity contribution in [1.29, 1.82) is 0 Å². The van der Waals surface area contributed by atoms with E-state index in [4.69, 9.17) is 4.74 Å². The molecule has 1 aliphatic heterocycles. The SMILES string of the molecule is CC1C/C=C/CCCCCCCCCC(=O)O1. The molecule has 0 aliphatic carbocycles. The third-order valence-corrected chi connectivity index (χ3v) is 3.22. The van der Waals surface area contributed by atoms with Gasteiger partial charge in [0.05, 0.1) is 0 Å². The molecule has 0 amide bonds. The van der Waals surface area contributed by atoms with Gasteiger partial charge < -0.3 is 4.74 Å². The van der Waals surface area contributed by atoms with Crippen molar-refractivity contribution in [2.75, 3.05) is 0 Å². The summed E-state index contributed by atoms with van der Waals surface area (Å²) in [5.74, 6) is -0.0271. The predicted octanol–water partition coefficient (Wildman–Crippen LogP) is 4.39. The summed E-state index contributed by atoms with van der Waals surface area (Å²) >= 11 is 0. The molecule has 0 aromatic heterocycles. The Kier molecular flexibility index (Phi) is 7.78. The van der Waals surface area contributed by atoms with Gasteiger partial charge in [-0.05, 0) is 26.2 Å². The van der Waals surface area contributed by atoms with Crippen LogP contribution in [0.4, 0.5) is 0 Å². The van der Waals surface area contributed by atoms with Gasteiger partial charge >= 0.3 is 5.97 Å². The molecule has 1 heterocycles. The van der Waals surface area contributed by atoms with Crippen molar-refractivity contribution in [2.45, 2.75) is 77.2 Å². The Morgan fingerprint density at radius 1 is 1.00 bits per heavy atom. The molecule has 0 aromatic carbocycles. The maximum absolute atomic E-state index is 11.5. The number of allylic oxidation sites excluding steroid dienone is 1. The Bertz CT molecular complexity index is 233. The third kappa shape index (κ3) is 8.00. The van der Waals surface area contributed by atoms with Crippen LogP contribution in [0.25, 0.3) is 0 Å². The lowest BCUT2D eigenvalue weighted by atomic mass is 10.1. The summed E-state index contributed by atoms with van der Waals surface area (Å²) in [7, 11) is 0. The van der Waals surface area contributed by atoms with E-state index in [1.807, 2.05) is 6.92 Å². The van der Waals surface area contributed by atoms with Gasteiger partial charge in [-0.3, -0.25) is 4.79 Å². The van der Waals surface area contributed by atoms with Gasteiger partial charge in [0, 0.05) is 12.8 Å². The predicted molar refractivity (Wildman–Crippen MR) is 70.9 cm³/mol. The Balaban J connectivity index is 2.31. The van der Waals surface area contributed by atoms with E-state index in [1.165, 1.54) is 44.9 Å². The minimum atomic E-state index is -0.0271. The number of rotatable bonds is 0. The van der Waals surface area contributed by atoms with Crippen molar-refractivity contribution in [3.8, 4) is 0 Å². The van der Waals surface area contributed by atoms with Gasteiger partial charge in [0.25, 0.3) is 0 Å². The molecule has 0 spiro atoms. The first kappa shape index (κ1) is 14.3. The fraction of sp³-hybridized carbons (Fsp3) is 0.800. The number of carbonyl (C=O) groups is 1. The fourth-order valence-electron chi connectivity index (χ4n) is 2.15. The second-order valence-electron chi connectivity index (χ2n) is 5.02. The van der Waals surface area contributed by atoms with Crippen LogP contribution in [0.3, 0.4) is 0 Å². The summed E-state index contributed by atoms with van der Waals surface area (Å²) in [5, 5.41) is 0. The summed E-state index contributed by atoms with van der Waals surface area (Å²) in [5.41, 5.74) is 0. The van der Waals surface area contributed by atoms with E-state index in [0.717, 1.165) is 12.8 Å². The van der Waals surface area contributed by atoms with Gasteiger partial charge in [-0.15, -0.1) is 0 Å². The smallest absolute Gasteiger partial charge is 0.306 e. The van der Waals surface area contributed by atoms with E-state index >= 15 is 0 Å². The van der Waals surface area contributed by atoms with Gasteiger partial charge in [0.2, 0.25) is 0 Å². The Morgan fingerprint density at radius 3 is 2.41 bits per heavy atom. The standard InChI is InChI=1S/C15H26O2/c1-14-12-10-8-6-4-2-3-5-7-9-11-13-15(16)17-14/h8,10,14H,2-7,9,11-13H2,1H3/b10-8+. The highest BCUT2D eigenvalue weighted by molar-refractivity contribution is 5.69. The molecule has 17 heavy (non-hydrogen) atoms. The lowest BCUT2D eigenvalue weighted by Crippen LogP contribution is -2.13. The molecule has 2 heteroatoms. The number of hydrogen-bond donors (Lipinski definition) is 0. The van der Waals surface area contributed by atoms with Crippen LogP contribution in [0.1, 0.15) is 71.1 Å². The number of esters is 1. The molecule has 2 nitrogen and oxygen atoms in total. The molecule has 0 bridgehead atoms. The number of ether oxygens (including phenoxy) is 1. The maximum atomic E-state index is 11.5. The summed E-state index contributed by atoms with van der Waals surface area (Å²) in [6, 6.07) is 0. The van der Waals surface area contributed by atoms with Crippen LogP contribution in [-0.4, -0.2) is 12.1 Å². The van der Waals surface area contributed by atoms with Crippen molar-refractivity contribution in [3.05, 3.63) is 12.2 Å². The van der Waals surface area contributed by atoms with E-state index in [2.05, 4.69) is 12.2 Å². The third-order valence-electron chi connectivity index (χ3n) is 3.22. The molecular weight excluding hydrogens is 212 g/mol. The summed E-state index contributed by atoms with van der Waals surface area (Å²) in [6.45, 7) is 1.97. The van der Waals surface area contributed by atoms with E-state index in [-0.39, 0.29) is 12.1 Å². The lowest BCUT2D eigenvalue weighted by Gasteiger charge is -2.10. The van der Waals surface area contributed by atoms with Crippen LogP contribution in [-0.2, 0) is 9.53 Å². The maximum Gasteiger partial charge on any atom is 0.306 e. The van der Waals surface area contributed by atoms with Gasteiger partial charge in [-0.1, -0.05) is 44.3 Å². The van der Waals surface area contributed by atoms with E-state index in [0.29, 0.717) is 6.42 Å². The van der Waals surface area contributed by atoms with Crippen LogP contribution in [0.5, 0.6) is 0 Å². The van der Waals surface area contributed by atoms with Crippen molar-refractivity contribution in [3.63, 3.8) is 0 Å². The van der Waals surface area contributed by atoms with Gasteiger partial charge in [0.1, 0.15) is 6.10 Å². The molecule has 0 saturated heterocycles. The minimum Gasteiger partial charge on any atom is -0.462 e.